The van der Waals surface area contributed by atoms with E-state index in [2.05, 4.69) is 39.5 Å². The van der Waals surface area contributed by atoms with Crippen molar-refractivity contribution in [3.05, 3.63) is 0 Å². The van der Waals surface area contributed by atoms with Gasteiger partial charge in [0.05, 0.1) is 31.0 Å². The van der Waals surface area contributed by atoms with Crippen LogP contribution in [0, 0.1) is 17.8 Å². The molecule has 144 valence electrons. The Kier molecular flexibility index (Phi) is 9.53. The fraction of sp³-hybridized carbons (Fsp3) is 1.00. The highest BCUT2D eigenvalue weighted by Crippen LogP contribution is 2.35. The van der Waals surface area contributed by atoms with Gasteiger partial charge in [0.1, 0.15) is 0 Å². The largest absolute Gasteiger partial charge is 1.00 e. The number of aliphatic hydroxyl groups excluding tert-OH is 1. The van der Waals surface area contributed by atoms with E-state index in [0.717, 1.165) is 25.4 Å². The van der Waals surface area contributed by atoms with Gasteiger partial charge in [-0.3, -0.25) is 4.90 Å². The molecular formula is C19H37ClNO3-. The van der Waals surface area contributed by atoms with Gasteiger partial charge in [0.2, 0.25) is 0 Å². The fourth-order valence-corrected chi connectivity index (χ4v) is 4.33. The normalized spacial score (nSPS) is 36.4. The number of aliphatic hydroxyl groups is 1. The summed E-state index contributed by atoms with van der Waals surface area (Å²) in [5.74, 6) is 2.04. The number of hydrogen-bond donors (Lipinski definition) is 1. The Bertz CT molecular complexity index is 346. The van der Waals surface area contributed by atoms with Gasteiger partial charge in [0, 0.05) is 19.6 Å². The van der Waals surface area contributed by atoms with Crippen LogP contribution in [0.15, 0.2) is 0 Å². The lowest BCUT2D eigenvalue weighted by molar-refractivity contribution is -0.0974. The first-order valence-corrected chi connectivity index (χ1v) is 9.52. The van der Waals surface area contributed by atoms with Crippen molar-refractivity contribution in [2.45, 2.75) is 78.3 Å². The molecule has 1 aliphatic carbocycles. The predicted molar refractivity (Wildman–Crippen MR) is 93.5 cm³/mol. The van der Waals surface area contributed by atoms with Gasteiger partial charge in [-0.1, -0.05) is 27.2 Å². The molecule has 1 aliphatic heterocycles. The first-order chi connectivity index (χ1) is 10.8. The lowest BCUT2D eigenvalue weighted by Gasteiger charge is -2.38. The Labute approximate surface area is 154 Å². The maximum absolute atomic E-state index is 10.4. The van der Waals surface area contributed by atoms with Gasteiger partial charge >= 0.3 is 0 Å². The molecule has 0 aromatic rings. The second-order valence-corrected chi connectivity index (χ2v) is 8.33. The summed E-state index contributed by atoms with van der Waals surface area (Å²) in [5.41, 5.74) is 0. The molecule has 4 nitrogen and oxygen atoms in total. The van der Waals surface area contributed by atoms with Crippen molar-refractivity contribution in [3.63, 3.8) is 0 Å². The Balaban J connectivity index is 0.00000288. The van der Waals surface area contributed by atoms with Gasteiger partial charge in [-0.15, -0.1) is 0 Å². The molecule has 6 atom stereocenters. The third-order valence-electron chi connectivity index (χ3n) is 5.43. The number of β-amino-alcohol motifs (C(OH)–C–C–N with tert-alkyl or cyclic N) is 1. The van der Waals surface area contributed by atoms with E-state index in [-0.39, 0.29) is 24.6 Å². The summed E-state index contributed by atoms with van der Waals surface area (Å²) in [7, 11) is 0. The molecule has 1 N–H and O–H groups in total. The van der Waals surface area contributed by atoms with Crippen molar-refractivity contribution >= 4 is 0 Å². The number of rotatable bonds is 6. The maximum Gasteiger partial charge on any atom is 0.0900 e. The lowest BCUT2D eigenvalue weighted by atomic mass is 9.75. The number of nitrogens with zero attached hydrogens (tertiary/aromatic N) is 1. The van der Waals surface area contributed by atoms with E-state index in [0.29, 0.717) is 31.1 Å². The molecule has 1 saturated carbocycles. The third-order valence-corrected chi connectivity index (χ3v) is 5.43. The molecule has 0 amide bonds. The van der Waals surface area contributed by atoms with E-state index in [4.69, 9.17) is 9.47 Å². The quantitative estimate of drug-likeness (QED) is 0.718. The van der Waals surface area contributed by atoms with Crippen LogP contribution in [-0.4, -0.2) is 60.7 Å². The molecule has 0 radical (unpaired) electrons. The molecule has 5 heteroatoms. The van der Waals surface area contributed by atoms with Gasteiger partial charge in [-0.2, -0.15) is 0 Å². The van der Waals surface area contributed by atoms with E-state index >= 15 is 0 Å². The molecule has 1 heterocycles. The van der Waals surface area contributed by atoms with Crippen molar-refractivity contribution in [2.24, 2.45) is 17.8 Å². The van der Waals surface area contributed by atoms with Crippen LogP contribution < -0.4 is 12.4 Å². The van der Waals surface area contributed by atoms with Gasteiger partial charge in [0.15, 0.2) is 0 Å². The summed E-state index contributed by atoms with van der Waals surface area (Å²) < 4.78 is 11.9. The summed E-state index contributed by atoms with van der Waals surface area (Å²) in [5, 5.41) is 10.4. The predicted octanol–water partition coefficient (Wildman–Crippen LogP) is -0.0621. The Morgan fingerprint density at radius 1 is 1.12 bits per heavy atom. The zero-order chi connectivity index (χ0) is 17.0. The number of hydrogen-bond acceptors (Lipinski definition) is 4. The summed E-state index contributed by atoms with van der Waals surface area (Å²) >= 11 is 0. The zero-order valence-electron chi connectivity index (χ0n) is 16.1. The Morgan fingerprint density at radius 2 is 1.75 bits per heavy atom. The SMILES string of the molecule is CC1CCC(C(C)C)C(OCC(O)CN2CC(C)OC(C)C2)C1.[Cl-]. The molecule has 24 heavy (non-hydrogen) atoms. The van der Waals surface area contributed by atoms with Crippen LogP contribution >= 0.6 is 0 Å². The topological polar surface area (TPSA) is 41.9 Å². The van der Waals surface area contributed by atoms with Crippen molar-refractivity contribution in [2.75, 3.05) is 26.2 Å². The highest BCUT2D eigenvalue weighted by atomic mass is 35.5. The molecular weight excluding hydrogens is 326 g/mol. The summed E-state index contributed by atoms with van der Waals surface area (Å²) in [6, 6.07) is 0. The van der Waals surface area contributed by atoms with Crippen molar-refractivity contribution < 1.29 is 27.0 Å². The second-order valence-electron chi connectivity index (χ2n) is 8.33. The number of morpholine rings is 1. The van der Waals surface area contributed by atoms with Gasteiger partial charge < -0.3 is 27.0 Å². The molecule has 2 fully saturated rings. The van der Waals surface area contributed by atoms with Crippen LogP contribution in [0.4, 0.5) is 0 Å². The monoisotopic (exact) mass is 362 g/mol. The molecule has 0 aromatic carbocycles. The highest BCUT2D eigenvalue weighted by Gasteiger charge is 2.32. The summed E-state index contributed by atoms with van der Waals surface area (Å²) in [6.45, 7) is 14.1. The average molecular weight is 363 g/mol. The third kappa shape index (κ3) is 6.80. The molecule has 6 unspecified atom stereocenters. The number of ether oxygens (including phenoxy) is 2. The van der Waals surface area contributed by atoms with Crippen molar-refractivity contribution in [1.82, 2.24) is 4.90 Å². The van der Waals surface area contributed by atoms with E-state index in [1.54, 1.807) is 0 Å². The van der Waals surface area contributed by atoms with E-state index in [1.165, 1.54) is 12.8 Å². The zero-order valence-corrected chi connectivity index (χ0v) is 16.8. The van der Waals surface area contributed by atoms with Crippen LogP contribution in [0.1, 0.15) is 53.9 Å². The fourth-order valence-electron chi connectivity index (χ4n) is 4.33. The second kappa shape index (κ2) is 10.3. The van der Waals surface area contributed by atoms with E-state index in [1.807, 2.05) is 0 Å². The van der Waals surface area contributed by atoms with Crippen LogP contribution in [-0.2, 0) is 9.47 Å². The van der Waals surface area contributed by atoms with Crippen molar-refractivity contribution in [3.8, 4) is 0 Å². The van der Waals surface area contributed by atoms with E-state index < -0.39 is 6.10 Å². The lowest BCUT2D eigenvalue weighted by Crippen LogP contribution is -3.00. The van der Waals surface area contributed by atoms with Crippen LogP contribution in [0.25, 0.3) is 0 Å². The first-order valence-electron chi connectivity index (χ1n) is 9.52. The Hall–Kier alpha value is 0.130. The van der Waals surface area contributed by atoms with Gasteiger partial charge in [-0.05, 0) is 44.4 Å². The first kappa shape index (κ1) is 22.2. The minimum Gasteiger partial charge on any atom is -1.00 e. The maximum atomic E-state index is 10.4. The van der Waals surface area contributed by atoms with Gasteiger partial charge in [0.25, 0.3) is 0 Å². The minimum atomic E-state index is -0.405. The molecule has 0 bridgehead atoms. The molecule has 0 spiro atoms. The smallest absolute Gasteiger partial charge is 0.0900 e. The molecule has 0 aromatic heterocycles. The molecule has 2 rings (SSSR count). The van der Waals surface area contributed by atoms with E-state index in [9.17, 15) is 5.11 Å². The standard InChI is InChI=1S/C19H37NO3.ClH/c1-13(2)18-7-6-14(3)8-19(18)22-12-17(21)11-20-9-15(4)23-16(5)10-20;/h13-19,21H,6-12H2,1-5H3;1H/p-1. The summed E-state index contributed by atoms with van der Waals surface area (Å²) in [4.78, 5) is 2.30. The summed E-state index contributed by atoms with van der Waals surface area (Å²) in [6.07, 6.45) is 4.12. The van der Waals surface area contributed by atoms with Gasteiger partial charge in [-0.25, -0.2) is 0 Å². The molecule has 2 aliphatic rings. The van der Waals surface area contributed by atoms with Crippen molar-refractivity contribution in [1.29, 1.82) is 0 Å². The number of halogens is 1. The highest BCUT2D eigenvalue weighted by molar-refractivity contribution is 4.82. The van der Waals surface area contributed by atoms with Crippen LogP contribution in [0.3, 0.4) is 0 Å². The average Bonchev–Trinajstić information content (AvgIpc) is 2.43. The Morgan fingerprint density at radius 3 is 2.33 bits per heavy atom. The molecule has 1 saturated heterocycles. The minimum absolute atomic E-state index is 0. The van der Waals surface area contributed by atoms with Crippen LogP contribution in [0.5, 0.6) is 0 Å². The van der Waals surface area contributed by atoms with Crippen LogP contribution in [0.2, 0.25) is 0 Å².